The Morgan fingerprint density at radius 3 is 0.844 bits per heavy atom. The SMILES string of the molecule is c1cc[c]([Ge]([c]2ccccc2)[c]2ccccc2)cc1.c1cc[c]([Ge][c]2ccccc2)cc1. The molecule has 0 fully saturated rings. The molecule has 0 atom stereocenters. The summed E-state index contributed by atoms with van der Waals surface area (Å²) in [5, 5.41) is 0. The molecule has 5 rings (SSSR count). The van der Waals surface area contributed by atoms with Crippen molar-refractivity contribution in [3.8, 4) is 0 Å². The Kier molecular flexibility index (Phi) is 8.59. The zero-order chi connectivity index (χ0) is 21.8. The van der Waals surface area contributed by atoms with Gasteiger partial charge in [-0.1, -0.05) is 0 Å². The third-order valence-corrected chi connectivity index (χ3v) is 13.4. The molecule has 0 saturated carbocycles. The van der Waals surface area contributed by atoms with Crippen LogP contribution in [0, 0.1) is 0 Å². The van der Waals surface area contributed by atoms with Crippen molar-refractivity contribution in [2.75, 3.05) is 0 Å². The summed E-state index contributed by atoms with van der Waals surface area (Å²) in [5.74, 6) is 0. The molecule has 0 N–H and O–H groups in total. The Balaban J connectivity index is 0.000000165. The van der Waals surface area contributed by atoms with E-state index in [1.54, 1.807) is 0 Å². The van der Waals surface area contributed by atoms with Crippen LogP contribution in [-0.4, -0.2) is 29.8 Å². The first-order chi connectivity index (χ1) is 15.9. The van der Waals surface area contributed by atoms with Gasteiger partial charge in [-0.2, -0.15) is 0 Å². The summed E-state index contributed by atoms with van der Waals surface area (Å²) in [6.07, 6.45) is 0. The fourth-order valence-electron chi connectivity index (χ4n) is 3.52. The van der Waals surface area contributed by atoms with Gasteiger partial charge in [0.25, 0.3) is 0 Å². The van der Waals surface area contributed by atoms with Crippen molar-refractivity contribution in [2.45, 2.75) is 0 Å². The second kappa shape index (κ2) is 12.3. The van der Waals surface area contributed by atoms with Crippen LogP contribution < -0.4 is 22.0 Å². The molecule has 3 radical (unpaired) electrons. The van der Waals surface area contributed by atoms with Gasteiger partial charge in [0.1, 0.15) is 0 Å². The molecule has 153 valence electrons. The molecule has 0 heterocycles. The van der Waals surface area contributed by atoms with Crippen molar-refractivity contribution in [1.29, 1.82) is 0 Å². The topological polar surface area (TPSA) is 0 Å². The Hall–Kier alpha value is -2.81. The van der Waals surface area contributed by atoms with Gasteiger partial charge in [-0.15, -0.1) is 0 Å². The van der Waals surface area contributed by atoms with Crippen molar-refractivity contribution in [3.05, 3.63) is 152 Å². The van der Waals surface area contributed by atoms with E-state index in [4.69, 9.17) is 0 Å². The number of rotatable bonds is 5. The predicted molar refractivity (Wildman–Crippen MR) is 142 cm³/mol. The Labute approximate surface area is 202 Å². The van der Waals surface area contributed by atoms with Crippen molar-refractivity contribution in [1.82, 2.24) is 0 Å². The van der Waals surface area contributed by atoms with Crippen LogP contribution in [0.3, 0.4) is 0 Å². The van der Waals surface area contributed by atoms with E-state index in [-0.39, 0.29) is 15.4 Å². The van der Waals surface area contributed by atoms with E-state index >= 15 is 0 Å². The summed E-state index contributed by atoms with van der Waals surface area (Å²) in [5.41, 5.74) is 0. The van der Waals surface area contributed by atoms with Gasteiger partial charge in [-0.3, -0.25) is 0 Å². The van der Waals surface area contributed by atoms with Gasteiger partial charge >= 0.3 is 203 Å². The molecule has 0 aliphatic carbocycles. The number of hydrogen-bond donors (Lipinski definition) is 0. The zero-order valence-electron chi connectivity index (χ0n) is 17.9. The second-order valence-corrected chi connectivity index (χ2v) is 15.5. The predicted octanol–water partition coefficient (Wildman–Crippen LogP) is 3.54. The average molecular weight is 531 g/mol. The first-order valence-electron chi connectivity index (χ1n) is 10.8. The van der Waals surface area contributed by atoms with Crippen LogP contribution in [0.1, 0.15) is 0 Å². The molecule has 0 amide bonds. The van der Waals surface area contributed by atoms with E-state index < -0.39 is 14.3 Å². The quantitative estimate of drug-likeness (QED) is 0.305. The zero-order valence-corrected chi connectivity index (χ0v) is 22.1. The van der Waals surface area contributed by atoms with Crippen LogP contribution >= 0.6 is 0 Å². The summed E-state index contributed by atoms with van der Waals surface area (Å²) >= 11 is -1.74. The van der Waals surface area contributed by atoms with Crippen molar-refractivity contribution < 1.29 is 0 Å². The summed E-state index contributed by atoms with van der Waals surface area (Å²) in [7, 11) is 0. The van der Waals surface area contributed by atoms with Crippen molar-refractivity contribution >= 4 is 51.8 Å². The molecule has 0 aliphatic rings. The van der Waals surface area contributed by atoms with Crippen LogP contribution in [0.5, 0.6) is 0 Å². The molecular formula is C30H25Ge2. The Morgan fingerprint density at radius 2 is 0.562 bits per heavy atom. The molecule has 32 heavy (non-hydrogen) atoms. The van der Waals surface area contributed by atoms with Crippen LogP contribution in [-0.2, 0) is 0 Å². The van der Waals surface area contributed by atoms with Gasteiger partial charge in [0.05, 0.1) is 0 Å². The molecule has 2 heteroatoms. The average Bonchev–Trinajstić information content (AvgIpc) is 2.88. The van der Waals surface area contributed by atoms with Crippen LogP contribution in [0.2, 0.25) is 0 Å². The normalized spacial score (nSPS) is 10.3. The summed E-state index contributed by atoms with van der Waals surface area (Å²) < 4.78 is 7.49. The number of benzene rings is 5. The summed E-state index contributed by atoms with van der Waals surface area (Å²) in [6.45, 7) is 0. The molecule has 0 spiro atoms. The third-order valence-electron chi connectivity index (χ3n) is 5.02. The van der Waals surface area contributed by atoms with Crippen LogP contribution in [0.25, 0.3) is 0 Å². The third kappa shape index (κ3) is 6.59. The first-order valence-corrected chi connectivity index (χ1v) is 16.0. The molecule has 0 saturated heterocycles. The van der Waals surface area contributed by atoms with Crippen molar-refractivity contribution in [3.63, 3.8) is 0 Å². The maximum atomic E-state index is 2.27. The van der Waals surface area contributed by atoms with Gasteiger partial charge in [0.2, 0.25) is 0 Å². The van der Waals surface area contributed by atoms with Crippen LogP contribution in [0.4, 0.5) is 0 Å². The summed E-state index contributed by atoms with van der Waals surface area (Å²) in [4.78, 5) is 0. The van der Waals surface area contributed by atoms with E-state index in [9.17, 15) is 0 Å². The molecule has 0 unspecified atom stereocenters. The first kappa shape index (κ1) is 22.4. The van der Waals surface area contributed by atoms with E-state index in [1.807, 2.05) is 0 Å². The van der Waals surface area contributed by atoms with Gasteiger partial charge in [-0.05, 0) is 0 Å². The second-order valence-electron chi connectivity index (χ2n) is 7.33. The van der Waals surface area contributed by atoms with E-state index in [0.29, 0.717) is 0 Å². The van der Waals surface area contributed by atoms with E-state index in [0.717, 1.165) is 0 Å². The Morgan fingerprint density at radius 1 is 0.312 bits per heavy atom. The van der Waals surface area contributed by atoms with Gasteiger partial charge < -0.3 is 0 Å². The van der Waals surface area contributed by atoms with E-state index in [2.05, 4.69) is 152 Å². The molecule has 0 nitrogen and oxygen atoms in total. The molecule has 5 aromatic rings. The molecule has 0 aromatic heterocycles. The van der Waals surface area contributed by atoms with E-state index in [1.165, 1.54) is 22.0 Å². The minimum atomic E-state index is -1.63. The maximum absolute atomic E-state index is 2.27. The fourth-order valence-corrected chi connectivity index (χ4v) is 11.1. The van der Waals surface area contributed by atoms with Crippen molar-refractivity contribution in [2.24, 2.45) is 0 Å². The van der Waals surface area contributed by atoms with Gasteiger partial charge in [-0.25, -0.2) is 0 Å². The number of hydrogen-bond acceptors (Lipinski definition) is 0. The summed E-state index contributed by atoms with van der Waals surface area (Å²) in [6, 6.07) is 54.3. The molecular weight excluding hydrogens is 506 g/mol. The standard InChI is InChI=1S/C18H15Ge.C12H10Ge/c1-4-10-16(11-5-1)19(17-12-6-2-7-13-17)18-14-8-3-9-15-18;1-3-7-11(8-4-1)13-12-9-5-2-6-10-12/h1-15H;1-10H. The van der Waals surface area contributed by atoms with Gasteiger partial charge in [0, 0.05) is 0 Å². The Bertz CT molecular complexity index is 1030. The van der Waals surface area contributed by atoms with Gasteiger partial charge in [0.15, 0.2) is 0 Å². The van der Waals surface area contributed by atoms with Crippen LogP contribution in [0.15, 0.2) is 152 Å². The minimum absolute atomic E-state index is 0.108. The molecule has 0 aliphatic heterocycles. The molecule has 0 bridgehead atoms. The fraction of sp³-hybridized carbons (Fsp3) is 0. The monoisotopic (exact) mass is 533 g/mol. The molecule has 5 aromatic carbocycles.